The predicted octanol–water partition coefficient (Wildman–Crippen LogP) is 1.98. The van der Waals surface area contributed by atoms with Crippen molar-refractivity contribution >= 4 is 23.1 Å². The van der Waals surface area contributed by atoms with Crippen LogP contribution in [0.25, 0.3) is 0 Å². The van der Waals surface area contributed by atoms with Gasteiger partial charge in [-0.3, -0.25) is 0 Å². The van der Waals surface area contributed by atoms with Crippen LogP contribution in [0.15, 0.2) is 5.38 Å². The van der Waals surface area contributed by atoms with Crippen LogP contribution in [0.3, 0.4) is 0 Å². The molecule has 0 bridgehead atoms. The fraction of sp³-hybridized carbons (Fsp3) is 0. The second-order valence-electron chi connectivity index (χ2n) is 1.11. The van der Waals surface area contributed by atoms with Gasteiger partial charge in [0.15, 0.2) is 0 Å². The van der Waals surface area contributed by atoms with Crippen molar-refractivity contribution in [1.82, 2.24) is 4.37 Å². The molecule has 1 aromatic heterocycles. The Morgan fingerprint density at radius 3 is 2.71 bits per heavy atom. The van der Waals surface area contributed by atoms with Gasteiger partial charge in [0.1, 0.15) is 0 Å². The summed E-state index contributed by atoms with van der Waals surface area (Å²) < 4.78 is 3.81. The second-order valence-corrected chi connectivity index (χ2v) is 2.15. The van der Waals surface area contributed by atoms with E-state index in [9.17, 15) is 0 Å². The summed E-state index contributed by atoms with van der Waals surface area (Å²) in [6.45, 7) is 3.55. The van der Waals surface area contributed by atoms with Gasteiger partial charge in [-0.15, -0.1) is 0 Å². The van der Waals surface area contributed by atoms with E-state index in [0.29, 0.717) is 10.7 Å². The number of halogens is 1. The van der Waals surface area contributed by atoms with Crippen molar-refractivity contribution in [3.8, 4) is 0 Å². The first kappa shape index (κ1) is 5.06. The van der Waals surface area contributed by atoms with Crippen LogP contribution in [-0.2, 0) is 0 Å². The predicted molar refractivity (Wildman–Crippen MR) is 31.6 cm³/mol. The molecule has 0 atom stereocenters. The van der Waals surface area contributed by atoms with Gasteiger partial charge < -0.3 is 0 Å². The summed E-state index contributed by atoms with van der Waals surface area (Å²) in [6.07, 6.45) is 0. The Balaban J connectivity index is 3.12. The number of rotatable bonds is 0. The van der Waals surface area contributed by atoms with Gasteiger partial charge in [-0.25, -0.2) is 0 Å². The Kier molecular flexibility index (Phi) is 1.30. The van der Waals surface area contributed by atoms with Crippen LogP contribution in [0.5, 0.6) is 0 Å². The molecule has 0 aliphatic carbocycles. The third kappa shape index (κ3) is 0.924. The van der Waals surface area contributed by atoms with Gasteiger partial charge in [-0.05, 0) is 18.5 Å². The lowest BCUT2D eigenvalue weighted by molar-refractivity contribution is 1.47. The molecule has 0 saturated carbocycles. The van der Waals surface area contributed by atoms with Crippen molar-refractivity contribution in [2.75, 3.05) is 0 Å². The van der Waals surface area contributed by atoms with E-state index in [1.807, 2.05) is 0 Å². The van der Waals surface area contributed by atoms with Crippen LogP contribution in [-0.4, -0.2) is 4.37 Å². The van der Waals surface area contributed by atoms with Gasteiger partial charge in [-0.1, -0.05) is 11.6 Å². The van der Waals surface area contributed by atoms with Gasteiger partial charge in [-0.2, -0.15) is 4.37 Å². The molecule has 1 nitrogen and oxygen atoms in total. The maximum atomic E-state index is 5.51. The molecule has 0 saturated heterocycles. The molecule has 1 heterocycles. The zero-order valence-corrected chi connectivity index (χ0v) is 5.09. The van der Waals surface area contributed by atoms with E-state index < -0.39 is 0 Å². The fourth-order valence-corrected chi connectivity index (χ4v) is 0.967. The normalized spacial score (nSPS) is 9.43. The van der Waals surface area contributed by atoms with E-state index in [4.69, 9.17) is 11.6 Å². The Labute approximate surface area is 51.1 Å². The molecule has 0 aliphatic rings. The van der Waals surface area contributed by atoms with E-state index in [0.717, 1.165) is 0 Å². The van der Waals surface area contributed by atoms with Crippen molar-refractivity contribution in [3.63, 3.8) is 0 Å². The highest BCUT2D eigenvalue weighted by Gasteiger charge is 1.92. The minimum Gasteiger partial charge on any atom is -0.196 e. The summed E-state index contributed by atoms with van der Waals surface area (Å²) in [7, 11) is 0. The van der Waals surface area contributed by atoms with Gasteiger partial charge in [0.2, 0.25) is 0 Å². The summed E-state index contributed by atoms with van der Waals surface area (Å²) in [5.74, 6) is 0. The van der Waals surface area contributed by atoms with Crippen LogP contribution in [0.1, 0.15) is 5.69 Å². The van der Waals surface area contributed by atoms with Crippen LogP contribution >= 0.6 is 23.1 Å². The Hall–Kier alpha value is -0.0800. The first-order chi connectivity index (χ1) is 3.30. The molecule has 0 aliphatic heterocycles. The van der Waals surface area contributed by atoms with Crippen LogP contribution in [0.4, 0.5) is 0 Å². The van der Waals surface area contributed by atoms with Gasteiger partial charge >= 0.3 is 0 Å². The maximum Gasteiger partial charge on any atom is 0.0745 e. The van der Waals surface area contributed by atoms with E-state index in [2.05, 4.69) is 11.3 Å². The molecule has 37 valence electrons. The maximum absolute atomic E-state index is 5.51. The smallest absolute Gasteiger partial charge is 0.0745 e. The minimum absolute atomic E-state index is 0.657. The second kappa shape index (κ2) is 1.80. The van der Waals surface area contributed by atoms with Gasteiger partial charge in [0, 0.05) is 5.38 Å². The third-order valence-corrected chi connectivity index (χ3v) is 1.72. The summed E-state index contributed by atoms with van der Waals surface area (Å²) in [4.78, 5) is 0. The molecule has 0 aromatic carbocycles. The number of nitrogens with zero attached hydrogens (tertiary/aromatic N) is 1. The van der Waals surface area contributed by atoms with Gasteiger partial charge in [0.25, 0.3) is 0 Å². The highest BCUT2D eigenvalue weighted by Crippen LogP contribution is 2.14. The molecule has 3 heteroatoms. The van der Waals surface area contributed by atoms with Crippen molar-refractivity contribution in [3.05, 3.63) is 23.0 Å². The van der Waals surface area contributed by atoms with E-state index >= 15 is 0 Å². The Bertz CT molecular complexity index is 144. The lowest BCUT2D eigenvalue weighted by Gasteiger charge is -1.74. The van der Waals surface area contributed by atoms with Crippen molar-refractivity contribution in [2.45, 2.75) is 0 Å². The summed E-state index contributed by atoms with van der Waals surface area (Å²) in [5.41, 5.74) is 0.673. The first-order valence-corrected chi connectivity index (χ1v) is 2.94. The highest BCUT2D eigenvalue weighted by atomic mass is 35.5. The first-order valence-electron chi connectivity index (χ1n) is 1.72. The number of hydrogen-bond acceptors (Lipinski definition) is 2. The molecule has 0 N–H and O–H groups in total. The van der Waals surface area contributed by atoms with E-state index in [1.165, 1.54) is 11.5 Å². The van der Waals surface area contributed by atoms with Crippen LogP contribution in [0.2, 0.25) is 5.02 Å². The third-order valence-electron chi connectivity index (χ3n) is 0.595. The SMILES string of the molecule is [CH2]c1nscc1Cl. The molecule has 0 amide bonds. The summed E-state index contributed by atoms with van der Waals surface area (Å²) in [5, 5.41) is 2.41. The molecule has 0 fully saturated rings. The fourth-order valence-electron chi connectivity index (χ4n) is 0.248. The van der Waals surface area contributed by atoms with Crippen LogP contribution < -0.4 is 0 Å². The topological polar surface area (TPSA) is 12.9 Å². The minimum atomic E-state index is 0.657. The molecule has 1 aromatic rings. The lowest BCUT2D eigenvalue weighted by atomic mass is 10.5. The summed E-state index contributed by atoms with van der Waals surface area (Å²) >= 11 is 6.83. The zero-order chi connectivity index (χ0) is 5.28. The average Bonchev–Trinajstić information content (AvgIpc) is 1.91. The zero-order valence-electron chi connectivity index (χ0n) is 3.52. The summed E-state index contributed by atoms with van der Waals surface area (Å²) in [6, 6.07) is 0. The number of hydrogen-bond donors (Lipinski definition) is 0. The van der Waals surface area contributed by atoms with Gasteiger partial charge in [0.05, 0.1) is 10.7 Å². The molecule has 0 unspecified atom stereocenters. The average molecular weight is 133 g/mol. The molecule has 0 spiro atoms. The quantitative estimate of drug-likeness (QED) is 0.526. The van der Waals surface area contributed by atoms with E-state index in [1.54, 1.807) is 5.38 Å². The standard InChI is InChI=1S/C4H3ClNS/c1-3-4(5)2-7-6-3/h2H,1H2. The Morgan fingerprint density at radius 1 is 1.86 bits per heavy atom. The van der Waals surface area contributed by atoms with Crippen molar-refractivity contribution in [1.29, 1.82) is 0 Å². The van der Waals surface area contributed by atoms with E-state index in [-0.39, 0.29) is 0 Å². The lowest BCUT2D eigenvalue weighted by Crippen LogP contribution is -1.63. The molecular weight excluding hydrogens is 130 g/mol. The largest absolute Gasteiger partial charge is 0.196 e. The highest BCUT2D eigenvalue weighted by molar-refractivity contribution is 7.04. The monoisotopic (exact) mass is 132 g/mol. The molecule has 1 rings (SSSR count). The van der Waals surface area contributed by atoms with Crippen molar-refractivity contribution in [2.24, 2.45) is 0 Å². The molecule has 1 radical (unpaired) electrons. The molecule has 7 heavy (non-hydrogen) atoms. The Morgan fingerprint density at radius 2 is 2.57 bits per heavy atom. The van der Waals surface area contributed by atoms with Crippen LogP contribution in [0, 0.1) is 6.92 Å². The number of aromatic nitrogens is 1. The molecular formula is C4H3ClNS. The van der Waals surface area contributed by atoms with Crippen molar-refractivity contribution < 1.29 is 0 Å².